The quantitative estimate of drug-likeness (QED) is 0.794. The smallest absolute Gasteiger partial charge is 0.246 e. The summed E-state index contributed by atoms with van der Waals surface area (Å²) in [6.45, 7) is 6.99. The van der Waals surface area contributed by atoms with Crippen molar-refractivity contribution in [3.05, 3.63) is 40.5 Å². The number of nitrogens with zero attached hydrogens (tertiary/aromatic N) is 2. The number of hydrogen-bond acceptors (Lipinski definition) is 5. The van der Waals surface area contributed by atoms with Crippen LogP contribution in [0.1, 0.15) is 32.5 Å². The van der Waals surface area contributed by atoms with Crippen LogP contribution in [0.15, 0.2) is 38.2 Å². The van der Waals surface area contributed by atoms with Gasteiger partial charge in [-0.3, -0.25) is 0 Å². The molecule has 0 saturated heterocycles. The number of thioether (sulfide) groups is 1. The minimum Gasteiger partial charge on any atom is -0.337 e. The fraction of sp³-hybridized carbons (Fsp3) is 0.429. The van der Waals surface area contributed by atoms with E-state index in [0.29, 0.717) is 11.6 Å². The molecule has 0 aliphatic rings. The molecule has 0 fully saturated rings. The van der Waals surface area contributed by atoms with E-state index in [0.717, 1.165) is 16.8 Å². The third-order valence-electron chi connectivity index (χ3n) is 2.80. The minimum absolute atomic E-state index is 0.289. The summed E-state index contributed by atoms with van der Waals surface area (Å²) >= 11 is 5.12. The molecule has 2 aromatic rings. The first-order valence-corrected chi connectivity index (χ1v) is 8.25. The van der Waals surface area contributed by atoms with Crippen molar-refractivity contribution in [2.75, 3.05) is 6.54 Å². The van der Waals surface area contributed by atoms with Gasteiger partial charge in [0, 0.05) is 9.37 Å². The minimum atomic E-state index is -0.289. The highest BCUT2D eigenvalue weighted by Crippen LogP contribution is 2.24. The molecule has 1 N–H and O–H groups in total. The Morgan fingerprint density at radius 3 is 2.65 bits per heavy atom. The highest BCUT2D eigenvalue weighted by molar-refractivity contribution is 9.10. The molecule has 0 bridgehead atoms. The Labute approximate surface area is 131 Å². The number of halogens is 1. The average molecular weight is 356 g/mol. The molecule has 20 heavy (non-hydrogen) atoms. The molecule has 0 spiro atoms. The molecule has 0 aliphatic carbocycles. The van der Waals surface area contributed by atoms with E-state index in [-0.39, 0.29) is 5.54 Å². The average Bonchev–Trinajstić information content (AvgIpc) is 2.88. The van der Waals surface area contributed by atoms with Gasteiger partial charge in [0.2, 0.25) is 5.89 Å². The van der Waals surface area contributed by atoms with Crippen molar-refractivity contribution < 1.29 is 4.52 Å². The predicted molar refractivity (Wildman–Crippen MR) is 84.7 cm³/mol. The van der Waals surface area contributed by atoms with Crippen LogP contribution in [0.25, 0.3) is 0 Å². The Bertz CT molecular complexity index is 554. The maximum atomic E-state index is 5.35. The summed E-state index contributed by atoms with van der Waals surface area (Å²) in [6.07, 6.45) is 0. The number of rotatable bonds is 6. The summed E-state index contributed by atoms with van der Waals surface area (Å²) in [7, 11) is 0. The number of hydrogen-bond donors (Lipinski definition) is 1. The van der Waals surface area contributed by atoms with Crippen LogP contribution in [-0.2, 0) is 11.3 Å². The molecule has 1 heterocycles. The summed E-state index contributed by atoms with van der Waals surface area (Å²) in [5.41, 5.74) is -0.289. The molecule has 2 rings (SSSR count). The summed E-state index contributed by atoms with van der Waals surface area (Å²) < 4.78 is 6.42. The van der Waals surface area contributed by atoms with Gasteiger partial charge < -0.3 is 9.84 Å². The van der Waals surface area contributed by atoms with Crippen molar-refractivity contribution in [3.63, 3.8) is 0 Å². The molecule has 1 aromatic heterocycles. The third-order valence-corrected chi connectivity index (χ3v) is 4.34. The van der Waals surface area contributed by atoms with Crippen molar-refractivity contribution in [1.29, 1.82) is 0 Å². The third kappa shape index (κ3) is 4.07. The molecule has 6 heteroatoms. The van der Waals surface area contributed by atoms with Crippen LogP contribution in [0.2, 0.25) is 0 Å². The SMILES string of the molecule is CCNC(C)(C)c1nc(CSc2ccc(Br)cc2)no1. The van der Waals surface area contributed by atoms with Crippen LogP contribution < -0.4 is 5.32 Å². The second-order valence-corrected chi connectivity index (χ2v) is 6.88. The highest BCUT2D eigenvalue weighted by Gasteiger charge is 2.26. The zero-order valence-electron chi connectivity index (χ0n) is 11.8. The molecule has 0 amide bonds. The van der Waals surface area contributed by atoms with Crippen molar-refractivity contribution in [3.8, 4) is 0 Å². The monoisotopic (exact) mass is 355 g/mol. The van der Waals surface area contributed by atoms with Gasteiger partial charge in [-0.1, -0.05) is 28.0 Å². The molecular formula is C14H18BrN3OS. The van der Waals surface area contributed by atoms with Gasteiger partial charge in [-0.25, -0.2) is 0 Å². The molecule has 0 radical (unpaired) electrons. The van der Waals surface area contributed by atoms with Crippen LogP contribution in [0.4, 0.5) is 0 Å². The van der Waals surface area contributed by atoms with Crippen LogP contribution >= 0.6 is 27.7 Å². The van der Waals surface area contributed by atoms with Gasteiger partial charge in [0.25, 0.3) is 0 Å². The van der Waals surface area contributed by atoms with E-state index in [4.69, 9.17) is 4.52 Å². The Morgan fingerprint density at radius 1 is 1.30 bits per heavy atom. The van der Waals surface area contributed by atoms with Crippen LogP contribution in [-0.4, -0.2) is 16.7 Å². The van der Waals surface area contributed by atoms with E-state index in [1.807, 2.05) is 26.0 Å². The van der Waals surface area contributed by atoms with Crippen LogP contribution in [0, 0.1) is 0 Å². The van der Waals surface area contributed by atoms with E-state index in [9.17, 15) is 0 Å². The summed E-state index contributed by atoms with van der Waals surface area (Å²) in [5, 5.41) is 7.36. The van der Waals surface area contributed by atoms with E-state index in [1.54, 1.807) is 11.8 Å². The highest BCUT2D eigenvalue weighted by atomic mass is 79.9. The lowest BCUT2D eigenvalue weighted by Crippen LogP contribution is -2.36. The Hall–Kier alpha value is -0.850. The molecular weight excluding hydrogens is 338 g/mol. The van der Waals surface area contributed by atoms with Gasteiger partial charge in [-0.05, 0) is 44.7 Å². The van der Waals surface area contributed by atoms with Gasteiger partial charge >= 0.3 is 0 Å². The second-order valence-electron chi connectivity index (χ2n) is 4.91. The first-order valence-electron chi connectivity index (χ1n) is 6.47. The maximum absolute atomic E-state index is 5.35. The zero-order chi connectivity index (χ0) is 14.6. The van der Waals surface area contributed by atoms with Gasteiger partial charge in [0.15, 0.2) is 5.82 Å². The summed E-state index contributed by atoms with van der Waals surface area (Å²) in [6, 6.07) is 8.19. The molecule has 0 atom stereocenters. The van der Waals surface area contributed by atoms with Gasteiger partial charge in [-0.15, -0.1) is 11.8 Å². The molecule has 0 aliphatic heterocycles. The Balaban J connectivity index is 1.97. The van der Waals surface area contributed by atoms with Gasteiger partial charge in [-0.2, -0.15) is 4.98 Å². The van der Waals surface area contributed by atoms with Crippen molar-refractivity contribution >= 4 is 27.7 Å². The largest absolute Gasteiger partial charge is 0.337 e. The molecule has 0 unspecified atom stereocenters. The van der Waals surface area contributed by atoms with Gasteiger partial charge in [0.1, 0.15) is 0 Å². The molecule has 108 valence electrons. The predicted octanol–water partition coefficient (Wildman–Crippen LogP) is 3.97. The number of aromatic nitrogens is 2. The van der Waals surface area contributed by atoms with Crippen LogP contribution in [0.3, 0.4) is 0 Å². The van der Waals surface area contributed by atoms with E-state index >= 15 is 0 Å². The van der Waals surface area contributed by atoms with E-state index in [1.165, 1.54) is 4.90 Å². The Morgan fingerprint density at radius 2 is 2.00 bits per heavy atom. The fourth-order valence-electron chi connectivity index (χ4n) is 1.76. The molecule has 0 saturated carbocycles. The lowest BCUT2D eigenvalue weighted by atomic mass is 10.1. The van der Waals surface area contributed by atoms with Crippen LogP contribution in [0.5, 0.6) is 0 Å². The lowest BCUT2D eigenvalue weighted by molar-refractivity contribution is 0.271. The zero-order valence-corrected chi connectivity index (χ0v) is 14.2. The lowest BCUT2D eigenvalue weighted by Gasteiger charge is -2.20. The number of nitrogens with one attached hydrogen (secondary N) is 1. The summed E-state index contributed by atoms with van der Waals surface area (Å²) in [5.74, 6) is 2.05. The Kier molecular flexibility index (Phi) is 5.23. The second kappa shape index (κ2) is 6.74. The maximum Gasteiger partial charge on any atom is 0.246 e. The fourth-order valence-corrected chi connectivity index (χ4v) is 2.77. The van der Waals surface area contributed by atoms with Crippen molar-refractivity contribution in [2.24, 2.45) is 0 Å². The van der Waals surface area contributed by atoms with E-state index < -0.39 is 0 Å². The summed E-state index contributed by atoms with van der Waals surface area (Å²) in [4.78, 5) is 5.65. The molecule has 1 aromatic carbocycles. The van der Waals surface area contributed by atoms with Crippen molar-refractivity contribution in [2.45, 2.75) is 37.0 Å². The first kappa shape index (κ1) is 15.5. The van der Waals surface area contributed by atoms with Gasteiger partial charge in [0.05, 0.1) is 11.3 Å². The topological polar surface area (TPSA) is 51.0 Å². The number of benzene rings is 1. The van der Waals surface area contributed by atoms with Crippen molar-refractivity contribution in [1.82, 2.24) is 15.5 Å². The normalized spacial score (nSPS) is 11.8. The first-order chi connectivity index (χ1) is 9.51. The van der Waals surface area contributed by atoms with E-state index in [2.05, 4.69) is 50.4 Å². The standard InChI is InChI=1S/C14H18BrN3OS/c1-4-16-14(2,3)13-17-12(18-19-13)9-20-11-7-5-10(15)6-8-11/h5-8,16H,4,9H2,1-3H3. The molecule has 4 nitrogen and oxygen atoms in total.